The van der Waals surface area contributed by atoms with Crippen molar-refractivity contribution < 1.29 is 13.6 Å². The minimum Gasteiger partial charge on any atom is -0.338 e. The Hall–Kier alpha value is -3.09. The second-order valence-corrected chi connectivity index (χ2v) is 7.27. The van der Waals surface area contributed by atoms with Crippen LogP contribution in [0.2, 0.25) is 0 Å². The standard InChI is InChI=1S/C22H22F2N4O/c23-18-4-5-19(24)17(14-18)7-11-26-22(29)28-12-8-15(9-13-28)20-6-3-16-2-1-10-25-21(16)27-20/h1-6,10,14-15H,7-9,11-13H2,(H,26,29). The van der Waals surface area contributed by atoms with E-state index in [0.29, 0.717) is 19.0 Å². The van der Waals surface area contributed by atoms with E-state index in [1.165, 1.54) is 6.07 Å². The van der Waals surface area contributed by atoms with Crippen molar-refractivity contribution in [1.29, 1.82) is 0 Å². The van der Waals surface area contributed by atoms with Gasteiger partial charge in [-0.25, -0.2) is 23.5 Å². The number of carbonyl (C=O) groups excluding carboxylic acids is 1. The molecule has 2 amide bonds. The summed E-state index contributed by atoms with van der Waals surface area (Å²) in [7, 11) is 0. The SMILES string of the molecule is O=C(NCCc1cc(F)ccc1F)N1CCC(c2ccc3cccnc3n2)CC1. The number of pyridine rings is 2. The van der Waals surface area contributed by atoms with Gasteiger partial charge < -0.3 is 10.2 Å². The lowest BCUT2D eigenvalue weighted by Crippen LogP contribution is -2.44. The zero-order chi connectivity index (χ0) is 20.2. The zero-order valence-electron chi connectivity index (χ0n) is 15.9. The van der Waals surface area contributed by atoms with E-state index in [1.54, 1.807) is 11.1 Å². The molecule has 0 aliphatic carbocycles. The molecule has 0 unspecified atom stereocenters. The van der Waals surface area contributed by atoms with Gasteiger partial charge in [0.25, 0.3) is 0 Å². The number of nitrogens with one attached hydrogen (secondary N) is 1. The molecule has 1 aliphatic heterocycles. The highest BCUT2D eigenvalue weighted by Gasteiger charge is 2.24. The fraction of sp³-hybridized carbons (Fsp3) is 0.318. The number of urea groups is 1. The number of carbonyl (C=O) groups is 1. The third kappa shape index (κ3) is 4.50. The Labute approximate surface area is 167 Å². The predicted molar refractivity (Wildman–Crippen MR) is 107 cm³/mol. The maximum Gasteiger partial charge on any atom is 0.317 e. The van der Waals surface area contributed by atoms with Gasteiger partial charge in [0.15, 0.2) is 5.65 Å². The summed E-state index contributed by atoms with van der Waals surface area (Å²) < 4.78 is 26.9. The summed E-state index contributed by atoms with van der Waals surface area (Å²) in [6.45, 7) is 1.52. The van der Waals surface area contributed by atoms with Gasteiger partial charge in [0.1, 0.15) is 11.6 Å². The molecule has 2 aromatic heterocycles. The Morgan fingerprint density at radius 2 is 1.97 bits per heavy atom. The molecule has 1 aliphatic rings. The average Bonchev–Trinajstić information content (AvgIpc) is 2.76. The number of nitrogens with zero attached hydrogens (tertiary/aromatic N) is 3. The number of aromatic nitrogens is 2. The zero-order valence-corrected chi connectivity index (χ0v) is 15.9. The molecule has 0 saturated carbocycles. The summed E-state index contributed by atoms with van der Waals surface area (Å²) in [6, 6.07) is 11.1. The summed E-state index contributed by atoms with van der Waals surface area (Å²) >= 11 is 0. The van der Waals surface area contributed by atoms with Crippen molar-refractivity contribution >= 4 is 17.1 Å². The molecule has 0 atom stereocenters. The molecule has 29 heavy (non-hydrogen) atoms. The van der Waals surface area contributed by atoms with E-state index in [-0.39, 0.29) is 24.6 Å². The van der Waals surface area contributed by atoms with Crippen LogP contribution in [-0.2, 0) is 6.42 Å². The van der Waals surface area contributed by atoms with Gasteiger partial charge in [0, 0.05) is 42.8 Å². The summed E-state index contributed by atoms with van der Waals surface area (Å²) in [5.74, 6) is -0.641. The number of halogens is 2. The number of fused-ring (bicyclic) bond motifs is 1. The number of hydrogen-bond acceptors (Lipinski definition) is 3. The van der Waals surface area contributed by atoms with Gasteiger partial charge in [-0.1, -0.05) is 0 Å². The first-order valence-corrected chi connectivity index (χ1v) is 9.78. The van der Waals surface area contributed by atoms with Crippen molar-refractivity contribution in [3.8, 4) is 0 Å². The minimum atomic E-state index is -0.479. The van der Waals surface area contributed by atoms with Gasteiger partial charge in [0.05, 0.1) is 0 Å². The predicted octanol–water partition coefficient (Wildman–Crippen LogP) is 4.04. The molecular weight excluding hydrogens is 374 g/mol. The van der Waals surface area contributed by atoms with Crippen LogP contribution in [0.3, 0.4) is 0 Å². The van der Waals surface area contributed by atoms with Crippen LogP contribution in [0.5, 0.6) is 0 Å². The molecule has 3 heterocycles. The summed E-state index contributed by atoms with van der Waals surface area (Å²) in [5.41, 5.74) is 2.02. The lowest BCUT2D eigenvalue weighted by atomic mass is 9.93. The van der Waals surface area contributed by atoms with Crippen LogP contribution < -0.4 is 5.32 Å². The molecule has 150 valence electrons. The topological polar surface area (TPSA) is 58.1 Å². The second-order valence-electron chi connectivity index (χ2n) is 7.27. The van der Waals surface area contributed by atoms with E-state index < -0.39 is 11.6 Å². The first-order valence-electron chi connectivity index (χ1n) is 9.78. The Morgan fingerprint density at radius 3 is 2.79 bits per heavy atom. The highest BCUT2D eigenvalue weighted by atomic mass is 19.1. The minimum absolute atomic E-state index is 0.173. The Morgan fingerprint density at radius 1 is 1.14 bits per heavy atom. The lowest BCUT2D eigenvalue weighted by Gasteiger charge is -2.31. The maximum atomic E-state index is 13.7. The van der Waals surface area contributed by atoms with Crippen molar-refractivity contribution in [3.63, 3.8) is 0 Å². The maximum absolute atomic E-state index is 13.7. The highest BCUT2D eigenvalue weighted by molar-refractivity contribution is 5.75. The smallest absolute Gasteiger partial charge is 0.317 e. The quantitative estimate of drug-likeness (QED) is 0.724. The van der Waals surface area contributed by atoms with Crippen molar-refractivity contribution in [2.45, 2.75) is 25.2 Å². The molecule has 4 rings (SSSR count). The number of amides is 2. The lowest BCUT2D eigenvalue weighted by molar-refractivity contribution is 0.181. The van der Waals surface area contributed by atoms with Gasteiger partial charge in [-0.2, -0.15) is 0 Å². The molecule has 5 nitrogen and oxygen atoms in total. The van der Waals surface area contributed by atoms with Crippen molar-refractivity contribution in [1.82, 2.24) is 20.2 Å². The molecule has 0 radical (unpaired) electrons. The Balaban J connectivity index is 1.28. The van der Waals surface area contributed by atoms with Crippen LogP contribution in [-0.4, -0.2) is 40.5 Å². The van der Waals surface area contributed by atoms with Crippen LogP contribution in [0, 0.1) is 11.6 Å². The third-order valence-electron chi connectivity index (χ3n) is 5.36. The molecule has 0 bridgehead atoms. The van der Waals surface area contributed by atoms with Crippen molar-refractivity contribution in [2.75, 3.05) is 19.6 Å². The number of hydrogen-bond donors (Lipinski definition) is 1. The molecule has 7 heteroatoms. The second kappa shape index (κ2) is 8.51. The highest BCUT2D eigenvalue weighted by Crippen LogP contribution is 2.27. The van der Waals surface area contributed by atoms with Crippen molar-refractivity contribution in [3.05, 3.63) is 71.6 Å². The molecular formula is C22H22F2N4O. The summed E-state index contributed by atoms with van der Waals surface area (Å²) in [4.78, 5) is 23.1. The molecule has 1 fully saturated rings. The molecule has 1 N–H and O–H groups in total. The van der Waals surface area contributed by atoms with Crippen LogP contribution in [0.15, 0.2) is 48.7 Å². The summed E-state index contributed by atoms with van der Waals surface area (Å²) in [6.07, 6.45) is 3.65. The van der Waals surface area contributed by atoms with Gasteiger partial charge in [0.2, 0.25) is 0 Å². The molecule has 0 spiro atoms. The molecule has 1 saturated heterocycles. The molecule has 3 aromatic rings. The Kier molecular flexibility index (Phi) is 5.64. The van der Waals surface area contributed by atoms with Gasteiger partial charge in [-0.15, -0.1) is 0 Å². The first kappa shape index (κ1) is 19.2. The number of rotatable bonds is 4. The van der Waals surface area contributed by atoms with Crippen molar-refractivity contribution in [2.24, 2.45) is 0 Å². The van der Waals surface area contributed by atoms with Crippen LogP contribution in [0.4, 0.5) is 13.6 Å². The third-order valence-corrected chi connectivity index (χ3v) is 5.36. The van der Waals surface area contributed by atoms with Crippen LogP contribution in [0.25, 0.3) is 11.0 Å². The van der Waals surface area contributed by atoms with Gasteiger partial charge in [-0.3, -0.25) is 0 Å². The Bertz CT molecular complexity index is 1020. The van der Waals surface area contributed by atoms with E-state index in [1.807, 2.05) is 24.3 Å². The van der Waals surface area contributed by atoms with Crippen LogP contribution >= 0.6 is 0 Å². The van der Waals surface area contributed by atoms with E-state index in [9.17, 15) is 13.6 Å². The van der Waals surface area contributed by atoms with E-state index >= 15 is 0 Å². The van der Waals surface area contributed by atoms with E-state index in [4.69, 9.17) is 0 Å². The normalized spacial score (nSPS) is 14.9. The summed E-state index contributed by atoms with van der Waals surface area (Å²) in [5, 5.41) is 3.82. The first-order chi connectivity index (χ1) is 14.1. The van der Waals surface area contributed by atoms with E-state index in [2.05, 4.69) is 15.3 Å². The fourth-order valence-electron chi connectivity index (χ4n) is 3.72. The number of piperidine rings is 1. The largest absolute Gasteiger partial charge is 0.338 e. The van der Waals surface area contributed by atoms with Crippen LogP contribution in [0.1, 0.15) is 30.0 Å². The number of benzene rings is 1. The average molecular weight is 396 g/mol. The van der Waals surface area contributed by atoms with Gasteiger partial charge >= 0.3 is 6.03 Å². The van der Waals surface area contributed by atoms with E-state index in [0.717, 1.165) is 41.7 Å². The molecule has 1 aromatic carbocycles. The monoisotopic (exact) mass is 396 g/mol. The number of likely N-dealkylation sites (tertiary alicyclic amines) is 1. The fourth-order valence-corrected chi connectivity index (χ4v) is 3.72. The van der Waals surface area contributed by atoms with Gasteiger partial charge in [-0.05, 0) is 67.3 Å².